The molecule has 0 aromatic heterocycles. The Kier molecular flexibility index (Phi) is 4.56. The predicted octanol–water partition coefficient (Wildman–Crippen LogP) is 2.99. The first-order chi connectivity index (χ1) is 9.11. The van der Waals surface area contributed by atoms with Crippen molar-refractivity contribution in [2.24, 2.45) is 5.41 Å². The van der Waals surface area contributed by atoms with Crippen molar-refractivity contribution in [3.05, 3.63) is 48.0 Å². The summed E-state index contributed by atoms with van der Waals surface area (Å²) in [6.45, 7) is 6.14. The Morgan fingerprint density at radius 3 is 2.53 bits per heavy atom. The van der Waals surface area contributed by atoms with Crippen LogP contribution < -0.4 is 5.32 Å². The summed E-state index contributed by atoms with van der Waals surface area (Å²) in [6.07, 6.45) is 1.02. The third-order valence-corrected chi connectivity index (χ3v) is 3.44. The summed E-state index contributed by atoms with van der Waals surface area (Å²) in [5.74, 6) is 0. The third-order valence-electron chi connectivity index (χ3n) is 3.44. The molecule has 2 rings (SSSR count). The van der Waals surface area contributed by atoms with Gasteiger partial charge >= 0.3 is 0 Å². The lowest BCUT2D eigenvalue weighted by molar-refractivity contribution is 0.157. The summed E-state index contributed by atoms with van der Waals surface area (Å²) in [5.41, 5.74) is 1.32. The Hall–Kier alpha value is -1.38. The molecule has 0 saturated carbocycles. The molecule has 0 aliphatic rings. The highest BCUT2D eigenvalue weighted by Crippen LogP contribution is 2.16. The van der Waals surface area contributed by atoms with Crippen LogP contribution in [-0.4, -0.2) is 24.8 Å². The number of fused-ring (bicyclic) bond motifs is 1. The van der Waals surface area contributed by atoms with Gasteiger partial charge in [-0.3, -0.25) is 0 Å². The first kappa shape index (κ1) is 14.0. The predicted molar refractivity (Wildman–Crippen MR) is 81.4 cm³/mol. The second-order valence-corrected chi connectivity index (χ2v) is 5.93. The van der Waals surface area contributed by atoms with Gasteiger partial charge in [-0.1, -0.05) is 56.3 Å². The van der Waals surface area contributed by atoms with Gasteiger partial charge in [-0.05, 0) is 29.3 Å². The normalized spacial score (nSPS) is 11.9. The smallest absolute Gasteiger partial charge is 0.0494 e. The first-order valence-electron chi connectivity index (χ1n) is 6.90. The Morgan fingerprint density at radius 2 is 1.79 bits per heavy atom. The molecule has 2 nitrogen and oxygen atoms in total. The van der Waals surface area contributed by atoms with Crippen LogP contribution in [0.5, 0.6) is 0 Å². The average molecular weight is 257 g/mol. The van der Waals surface area contributed by atoms with Crippen LogP contribution in [0.2, 0.25) is 0 Å². The molecule has 2 heteroatoms. The maximum Gasteiger partial charge on any atom is 0.0494 e. The molecule has 0 amide bonds. The van der Waals surface area contributed by atoms with Crippen LogP contribution in [0.25, 0.3) is 10.8 Å². The minimum atomic E-state index is -0.0383. The van der Waals surface area contributed by atoms with E-state index in [1.807, 2.05) is 0 Å². The molecule has 0 saturated heterocycles. The first-order valence-corrected chi connectivity index (χ1v) is 6.90. The van der Waals surface area contributed by atoms with Crippen LogP contribution >= 0.6 is 0 Å². The largest absolute Gasteiger partial charge is 0.396 e. The van der Waals surface area contributed by atoms with Gasteiger partial charge in [0.15, 0.2) is 0 Å². The molecule has 0 aliphatic heterocycles. The highest BCUT2D eigenvalue weighted by molar-refractivity contribution is 5.82. The number of aliphatic hydroxyl groups is 1. The second kappa shape index (κ2) is 6.18. The van der Waals surface area contributed by atoms with E-state index in [-0.39, 0.29) is 12.0 Å². The van der Waals surface area contributed by atoms with Gasteiger partial charge in [-0.2, -0.15) is 0 Å². The molecule has 2 aromatic rings. The number of hydrogen-bond acceptors (Lipinski definition) is 2. The van der Waals surface area contributed by atoms with Crippen molar-refractivity contribution in [2.45, 2.75) is 20.3 Å². The number of rotatable bonds is 6. The maximum absolute atomic E-state index is 9.19. The molecule has 102 valence electrons. The van der Waals surface area contributed by atoms with E-state index in [2.05, 4.69) is 61.6 Å². The van der Waals surface area contributed by atoms with E-state index >= 15 is 0 Å². The zero-order valence-corrected chi connectivity index (χ0v) is 11.8. The van der Waals surface area contributed by atoms with Crippen molar-refractivity contribution in [1.82, 2.24) is 5.32 Å². The van der Waals surface area contributed by atoms with Gasteiger partial charge in [0.1, 0.15) is 0 Å². The van der Waals surface area contributed by atoms with Crippen LogP contribution in [0.3, 0.4) is 0 Å². The molecule has 19 heavy (non-hydrogen) atoms. The molecule has 0 bridgehead atoms. The molecule has 0 radical (unpaired) electrons. The Labute approximate surface area is 115 Å². The highest BCUT2D eigenvalue weighted by atomic mass is 16.3. The van der Waals surface area contributed by atoms with E-state index in [9.17, 15) is 5.11 Å². The topological polar surface area (TPSA) is 32.3 Å². The van der Waals surface area contributed by atoms with Crippen molar-refractivity contribution >= 4 is 10.8 Å². The Bertz CT molecular complexity index is 534. The van der Waals surface area contributed by atoms with Gasteiger partial charge in [0.05, 0.1) is 0 Å². The molecule has 2 aromatic carbocycles. The summed E-state index contributed by atoms with van der Waals surface area (Å²) in [5, 5.41) is 15.2. The lowest BCUT2D eigenvalue weighted by Gasteiger charge is -2.21. The summed E-state index contributed by atoms with van der Waals surface area (Å²) >= 11 is 0. The number of benzene rings is 2. The maximum atomic E-state index is 9.19. The van der Waals surface area contributed by atoms with Crippen molar-refractivity contribution in [3.8, 4) is 0 Å². The summed E-state index contributed by atoms with van der Waals surface area (Å²) in [4.78, 5) is 0. The Morgan fingerprint density at radius 1 is 1.05 bits per heavy atom. The van der Waals surface area contributed by atoms with E-state index in [1.165, 1.54) is 16.3 Å². The van der Waals surface area contributed by atoms with Crippen LogP contribution in [0, 0.1) is 5.41 Å². The standard InChI is InChI=1S/C17H23NO/c1-17(2,13-19)12-18-10-9-14-7-8-15-5-3-4-6-16(15)11-14/h3-8,11,18-19H,9-10,12-13H2,1-2H3. The van der Waals surface area contributed by atoms with Crippen LogP contribution in [0.4, 0.5) is 0 Å². The second-order valence-electron chi connectivity index (χ2n) is 5.93. The zero-order chi connectivity index (χ0) is 13.7. The summed E-state index contributed by atoms with van der Waals surface area (Å²) < 4.78 is 0. The van der Waals surface area contributed by atoms with Gasteiger partial charge in [-0.25, -0.2) is 0 Å². The fraction of sp³-hybridized carbons (Fsp3) is 0.412. The molecular weight excluding hydrogens is 234 g/mol. The fourth-order valence-corrected chi connectivity index (χ4v) is 2.11. The minimum absolute atomic E-state index is 0.0383. The molecule has 0 fully saturated rings. The van der Waals surface area contributed by atoms with Gasteiger partial charge in [0.25, 0.3) is 0 Å². The average Bonchev–Trinajstić information content (AvgIpc) is 2.43. The van der Waals surface area contributed by atoms with Gasteiger partial charge in [-0.15, -0.1) is 0 Å². The van der Waals surface area contributed by atoms with Crippen LogP contribution in [0.15, 0.2) is 42.5 Å². The summed E-state index contributed by atoms with van der Waals surface area (Å²) in [6, 6.07) is 15.1. The van der Waals surface area contributed by atoms with Gasteiger partial charge < -0.3 is 10.4 Å². The lowest BCUT2D eigenvalue weighted by Crippen LogP contribution is -2.33. The number of aliphatic hydroxyl groups excluding tert-OH is 1. The molecule has 0 heterocycles. The van der Waals surface area contributed by atoms with E-state index in [0.717, 1.165) is 19.5 Å². The SMILES string of the molecule is CC(C)(CO)CNCCc1ccc2ccccc2c1. The lowest BCUT2D eigenvalue weighted by atomic mass is 9.95. The number of nitrogens with one attached hydrogen (secondary N) is 1. The molecule has 2 N–H and O–H groups in total. The van der Waals surface area contributed by atoms with Crippen molar-refractivity contribution in [2.75, 3.05) is 19.7 Å². The van der Waals surface area contributed by atoms with Crippen LogP contribution in [0.1, 0.15) is 19.4 Å². The molecule has 0 spiro atoms. The van der Waals surface area contributed by atoms with Gasteiger partial charge in [0.2, 0.25) is 0 Å². The Balaban J connectivity index is 1.88. The van der Waals surface area contributed by atoms with Gasteiger partial charge in [0, 0.05) is 18.6 Å². The third kappa shape index (κ3) is 4.05. The molecule has 0 unspecified atom stereocenters. The van der Waals surface area contributed by atoms with Crippen LogP contribution in [-0.2, 0) is 6.42 Å². The van der Waals surface area contributed by atoms with E-state index in [4.69, 9.17) is 0 Å². The van der Waals surface area contributed by atoms with Crippen molar-refractivity contribution in [3.63, 3.8) is 0 Å². The van der Waals surface area contributed by atoms with Crippen molar-refractivity contribution < 1.29 is 5.11 Å². The molecular formula is C17H23NO. The summed E-state index contributed by atoms with van der Waals surface area (Å²) in [7, 11) is 0. The van der Waals surface area contributed by atoms with Crippen molar-refractivity contribution in [1.29, 1.82) is 0 Å². The van der Waals surface area contributed by atoms with E-state index < -0.39 is 0 Å². The molecule has 0 atom stereocenters. The highest BCUT2D eigenvalue weighted by Gasteiger charge is 2.14. The fourth-order valence-electron chi connectivity index (χ4n) is 2.11. The monoisotopic (exact) mass is 257 g/mol. The zero-order valence-electron chi connectivity index (χ0n) is 11.8. The molecule has 0 aliphatic carbocycles. The number of hydrogen-bond donors (Lipinski definition) is 2. The van der Waals surface area contributed by atoms with E-state index in [1.54, 1.807) is 0 Å². The minimum Gasteiger partial charge on any atom is -0.396 e. The quantitative estimate of drug-likeness (QED) is 0.780. The van der Waals surface area contributed by atoms with E-state index in [0.29, 0.717) is 0 Å².